The van der Waals surface area contributed by atoms with Crippen LogP contribution in [0.25, 0.3) is 0 Å². The Kier molecular flexibility index (Phi) is 7.87. The van der Waals surface area contributed by atoms with Crippen LogP contribution in [0.15, 0.2) is 17.3 Å². The third kappa shape index (κ3) is 7.03. The maximum Gasteiger partial charge on any atom is 0.243 e. The van der Waals surface area contributed by atoms with Crippen LogP contribution >= 0.6 is 0 Å². The van der Waals surface area contributed by atoms with Crippen molar-refractivity contribution in [2.75, 3.05) is 26.3 Å². The molecule has 0 bridgehead atoms. The second-order valence-corrected chi connectivity index (χ2v) is 6.76. The number of aromatic nitrogens is 2. The number of ether oxygens (including phenoxy) is 1. The van der Waals surface area contributed by atoms with E-state index in [9.17, 15) is 8.42 Å². The van der Waals surface area contributed by atoms with Gasteiger partial charge >= 0.3 is 0 Å². The Morgan fingerprint density at radius 3 is 2.81 bits per heavy atom. The first-order valence-corrected chi connectivity index (χ1v) is 8.77. The van der Waals surface area contributed by atoms with Crippen LogP contribution in [0.2, 0.25) is 0 Å². The zero-order chi connectivity index (χ0) is 15.7. The molecule has 0 aliphatic rings. The molecule has 0 radical (unpaired) electrons. The molecule has 0 spiro atoms. The molecule has 0 aromatic carbocycles. The van der Waals surface area contributed by atoms with Gasteiger partial charge in [-0.1, -0.05) is 13.8 Å². The minimum Gasteiger partial charge on any atom is -0.382 e. The fraction of sp³-hybridized carbons (Fsp3) is 0.769. The highest BCUT2D eigenvalue weighted by molar-refractivity contribution is 7.89. The first kappa shape index (κ1) is 18.1. The smallest absolute Gasteiger partial charge is 0.243 e. The Morgan fingerprint density at radius 1 is 1.38 bits per heavy atom. The third-order valence-corrected chi connectivity index (χ3v) is 4.19. The Labute approximate surface area is 127 Å². The molecule has 8 heteroatoms. The van der Waals surface area contributed by atoms with Gasteiger partial charge in [0.1, 0.15) is 4.90 Å². The number of nitrogens with one attached hydrogen (secondary N) is 2. The van der Waals surface area contributed by atoms with Gasteiger partial charge < -0.3 is 10.1 Å². The number of nitrogens with zero attached hydrogens (tertiary/aromatic N) is 2. The monoisotopic (exact) mass is 318 g/mol. The maximum absolute atomic E-state index is 12.0. The van der Waals surface area contributed by atoms with Crippen LogP contribution in [0.1, 0.15) is 27.2 Å². The van der Waals surface area contributed by atoms with Gasteiger partial charge in [-0.25, -0.2) is 13.1 Å². The largest absolute Gasteiger partial charge is 0.382 e. The van der Waals surface area contributed by atoms with Crippen LogP contribution in [-0.4, -0.2) is 50.5 Å². The van der Waals surface area contributed by atoms with Crippen molar-refractivity contribution in [3.05, 3.63) is 12.4 Å². The highest BCUT2D eigenvalue weighted by atomic mass is 32.2. The summed E-state index contributed by atoms with van der Waals surface area (Å²) in [7, 11) is -3.48. The minimum absolute atomic E-state index is 0.198. The van der Waals surface area contributed by atoms with Gasteiger partial charge in [-0.15, -0.1) is 0 Å². The lowest BCUT2D eigenvalue weighted by Crippen LogP contribution is -2.27. The molecule has 0 amide bonds. The highest BCUT2D eigenvalue weighted by Crippen LogP contribution is 2.06. The van der Waals surface area contributed by atoms with E-state index in [0.717, 1.165) is 6.54 Å². The van der Waals surface area contributed by atoms with Gasteiger partial charge in [0.15, 0.2) is 0 Å². The standard InChI is InChI=1S/C13H26N4O3S/c1-4-20-9-5-6-16-21(18,19)13-10-15-17(11-13)8-7-14-12(2)3/h10-12,14,16H,4-9H2,1-3H3. The third-order valence-electron chi connectivity index (χ3n) is 2.78. The van der Waals surface area contributed by atoms with Crippen LogP contribution in [0.4, 0.5) is 0 Å². The Hall–Kier alpha value is -0.960. The van der Waals surface area contributed by atoms with Gasteiger partial charge in [0.25, 0.3) is 0 Å². The van der Waals surface area contributed by atoms with E-state index in [4.69, 9.17) is 4.74 Å². The molecule has 1 heterocycles. The highest BCUT2D eigenvalue weighted by Gasteiger charge is 2.15. The normalized spacial score (nSPS) is 12.2. The Balaban J connectivity index is 2.42. The summed E-state index contributed by atoms with van der Waals surface area (Å²) in [5, 5.41) is 7.33. The summed E-state index contributed by atoms with van der Waals surface area (Å²) in [6.45, 7) is 8.98. The minimum atomic E-state index is -3.48. The Bertz CT molecular complexity index is 499. The maximum atomic E-state index is 12.0. The van der Waals surface area contributed by atoms with Crippen molar-refractivity contribution in [1.29, 1.82) is 0 Å². The lowest BCUT2D eigenvalue weighted by molar-refractivity contribution is 0.146. The zero-order valence-corrected chi connectivity index (χ0v) is 13.8. The van der Waals surface area contributed by atoms with Gasteiger partial charge in [0.2, 0.25) is 10.0 Å². The zero-order valence-electron chi connectivity index (χ0n) is 13.0. The average molecular weight is 318 g/mol. The molecule has 0 atom stereocenters. The van der Waals surface area contributed by atoms with Crippen molar-refractivity contribution in [3.8, 4) is 0 Å². The molecule has 1 aromatic rings. The van der Waals surface area contributed by atoms with Crippen LogP contribution in [0, 0.1) is 0 Å². The van der Waals surface area contributed by atoms with Crippen molar-refractivity contribution < 1.29 is 13.2 Å². The SMILES string of the molecule is CCOCCCNS(=O)(=O)c1cnn(CCNC(C)C)c1. The quantitative estimate of drug-likeness (QED) is 0.583. The summed E-state index contributed by atoms with van der Waals surface area (Å²) in [5.74, 6) is 0. The van der Waals surface area contributed by atoms with Crippen LogP contribution in [-0.2, 0) is 21.3 Å². The number of rotatable bonds is 11. The summed E-state index contributed by atoms with van der Waals surface area (Å²) < 4.78 is 33.4. The molecule has 122 valence electrons. The molecule has 2 N–H and O–H groups in total. The van der Waals surface area contributed by atoms with E-state index < -0.39 is 10.0 Å². The molecule has 0 saturated heterocycles. The molecule has 0 aliphatic carbocycles. The Morgan fingerprint density at radius 2 is 2.14 bits per heavy atom. The van der Waals surface area contributed by atoms with E-state index in [0.29, 0.717) is 38.8 Å². The molecular formula is C13H26N4O3S. The summed E-state index contributed by atoms with van der Waals surface area (Å²) in [6.07, 6.45) is 3.58. The van der Waals surface area contributed by atoms with Crippen molar-refractivity contribution in [2.45, 2.75) is 44.7 Å². The van der Waals surface area contributed by atoms with E-state index in [1.165, 1.54) is 6.20 Å². The number of hydrogen-bond donors (Lipinski definition) is 2. The molecular weight excluding hydrogens is 292 g/mol. The van der Waals surface area contributed by atoms with Gasteiger partial charge in [-0.05, 0) is 13.3 Å². The van der Waals surface area contributed by atoms with Gasteiger partial charge in [-0.2, -0.15) is 5.10 Å². The van der Waals surface area contributed by atoms with Crippen molar-refractivity contribution in [3.63, 3.8) is 0 Å². The summed E-state index contributed by atoms with van der Waals surface area (Å²) in [5.41, 5.74) is 0. The van der Waals surface area contributed by atoms with Crippen LogP contribution < -0.4 is 10.0 Å². The fourth-order valence-electron chi connectivity index (χ4n) is 1.68. The lowest BCUT2D eigenvalue weighted by atomic mass is 10.4. The number of sulfonamides is 1. The lowest BCUT2D eigenvalue weighted by Gasteiger charge is -2.07. The predicted molar refractivity (Wildman–Crippen MR) is 81.7 cm³/mol. The topological polar surface area (TPSA) is 85.2 Å². The molecule has 1 aromatic heterocycles. The molecule has 0 saturated carbocycles. The van der Waals surface area contributed by atoms with Crippen molar-refractivity contribution in [2.24, 2.45) is 0 Å². The predicted octanol–water partition coefficient (Wildman–Crippen LogP) is 0.586. The van der Waals surface area contributed by atoms with E-state index >= 15 is 0 Å². The molecule has 1 rings (SSSR count). The summed E-state index contributed by atoms with van der Waals surface area (Å²) in [6, 6.07) is 0.399. The second-order valence-electron chi connectivity index (χ2n) is 5.00. The molecule has 0 aliphatic heterocycles. The second kappa shape index (κ2) is 9.14. The average Bonchev–Trinajstić information content (AvgIpc) is 2.87. The summed E-state index contributed by atoms with van der Waals surface area (Å²) >= 11 is 0. The van der Waals surface area contributed by atoms with E-state index in [1.807, 2.05) is 6.92 Å². The van der Waals surface area contributed by atoms with Gasteiger partial charge in [0.05, 0.1) is 12.7 Å². The molecule has 0 unspecified atom stereocenters. The van der Waals surface area contributed by atoms with Crippen LogP contribution in [0.3, 0.4) is 0 Å². The first-order chi connectivity index (χ1) is 9.95. The van der Waals surface area contributed by atoms with Crippen LogP contribution in [0.5, 0.6) is 0 Å². The molecule has 0 fully saturated rings. The first-order valence-electron chi connectivity index (χ1n) is 7.29. The van der Waals surface area contributed by atoms with E-state index in [-0.39, 0.29) is 4.90 Å². The molecule has 21 heavy (non-hydrogen) atoms. The van der Waals surface area contributed by atoms with Gasteiger partial charge in [0, 0.05) is 38.5 Å². The molecule has 7 nitrogen and oxygen atoms in total. The summed E-state index contributed by atoms with van der Waals surface area (Å²) in [4.78, 5) is 0.198. The number of hydrogen-bond acceptors (Lipinski definition) is 5. The van der Waals surface area contributed by atoms with Gasteiger partial charge in [-0.3, -0.25) is 4.68 Å². The van der Waals surface area contributed by atoms with E-state index in [2.05, 4.69) is 29.0 Å². The van der Waals surface area contributed by atoms with Crippen molar-refractivity contribution >= 4 is 10.0 Å². The van der Waals surface area contributed by atoms with Crippen molar-refractivity contribution in [1.82, 2.24) is 19.8 Å². The van der Waals surface area contributed by atoms with E-state index in [1.54, 1.807) is 10.9 Å². The fourth-order valence-corrected chi connectivity index (χ4v) is 2.71.